The summed E-state index contributed by atoms with van der Waals surface area (Å²) >= 11 is 5.65. The summed E-state index contributed by atoms with van der Waals surface area (Å²) in [6.07, 6.45) is -4.72. The van der Waals surface area contributed by atoms with Crippen LogP contribution < -0.4 is 10.2 Å². The van der Waals surface area contributed by atoms with Crippen molar-refractivity contribution < 1.29 is 32.3 Å². The average Bonchev–Trinajstić information content (AvgIpc) is 3.41. The molecule has 0 spiro atoms. The van der Waals surface area contributed by atoms with Gasteiger partial charge in [-0.3, -0.25) is 4.90 Å². The van der Waals surface area contributed by atoms with Gasteiger partial charge in [0.05, 0.1) is 16.7 Å². The van der Waals surface area contributed by atoms with E-state index in [1.165, 1.54) is 30.2 Å². The lowest BCUT2D eigenvalue weighted by Gasteiger charge is -2.22. The summed E-state index contributed by atoms with van der Waals surface area (Å²) in [5.74, 6) is 0.333. The molecule has 1 amide bonds. The third kappa shape index (κ3) is 4.75. The number of alkyl halides is 3. The fourth-order valence-corrected chi connectivity index (χ4v) is 3.50. The molecule has 4 rings (SSSR count). The van der Waals surface area contributed by atoms with Crippen molar-refractivity contribution in [2.75, 3.05) is 16.8 Å². The number of hydrogen-bond donors (Lipinski definition) is 2. The minimum atomic E-state index is -4.63. The van der Waals surface area contributed by atoms with Crippen molar-refractivity contribution in [3.63, 3.8) is 0 Å². The lowest BCUT2D eigenvalue weighted by Crippen LogP contribution is -2.41. The van der Waals surface area contributed by atoms with Crippen LogP contribution in [0.4, 0.5) is 29.7 Å². The molecule has 0 saturated carbocycles. The smallest absolute Gasteiger partial charge is 0.417 e. The summed E-state index contributed by atoms with van der Waals surface area (Å²) in [4.78, 5) is 25.8. The Labute approximate surface area is 195 Å². The first-order valence-corrected chi connectivity index (χ1v) is 10.4. The van der Waals surface area contributed by atoms with E-state index in [4.69, 9.17) is 20.9 Å². The maximum atomic E-state index is 13.1. The number of anilines is 2. The van der Waals surface area contributed by atoms with E-state index in [1.807, 2.05) is 0 Å². The number of benzene rings is 1. The van der Waals surface area contributed by atoms with Gasteiger partial charge >= 0.3 is 12.3 Å². The summed E-state index contributed by atoms with van der Waals surface area (Å²) in [5, 5.41) is 16.1. The predicted octanol–water partition coefficient (Wildman–Crippen LogP) is 4.08. The Balaban J connectivity index is 1.53. The van der Waals surface area contributed by atoms with Crippen LogP contribution in [0.25, 0.3) is 11.4 Å². The first-order valence-electron chi connectivity index (χ1n) is 9.99. The number of halogens is 4. The van der Waals surface area contributed by atoms with Gasteiger partial charge < -0.3 is 19.7 Å². The lowest BCUT2D eigenvalue weighted by molar-refractivity contribution is -0.137. The topological polar surface area (TPSA) is 127 Å². The van der Waals surface area contributed by atoms with Gasteiger partial charge in [-0.25, -0.2) is 9.78 Å². The molecule has 1 aliphatic heterocycles. The van der Waals surface area contributed by atoms with Gasteiger partial charge in [0.15, 0.2) is 0 Å². The molecule has 3 atom stereocenters. The van der Waals surface area contributed by atoms with Crippen LogP contribution in [0.1, 0.15) is 31.3 Å². The van der Waals surface area contributed by atoms with Crippen molar-refractivity contribution in [3.05, 3.63) is 46.9 Å². The maximum absolute atomic E-state index is 13.1. The highest BCUT2D eigenvalue weighted by molar-refractivity contribution is 6.31. The Kier molecular flexibility index (Phi) is 6.32. The van der Waals surface area contributed by atoms with Crippen LogP contribution in [0, 0.1) is 0 Å². The zero-order chi connectivity index (χ0) is 24.6. The summed E-state index contributed by atoms with van der Waals surface area (Å²) in [7, 11) is 0. The highest BCUT2D eigenvalue weighted by Gasteiger charge is 2.38. The summed E-state index contributed by atoms with van der Waals surface area (Å²) in [6, 6.07) is 3.55. The molecular weight excluding hydrogens is 481 g/mol. The lowest BCUT2D eigenvalue weighted by atomic mass is 10.1. The number of nitrogens with zero attached hydrogens (tertiary/aromatic N) is 5. The zero-order valence-electron chi connectivity index (χ0n) is 17.7. The van der Waals surface area contributed by atoms with E-state index >= 15 is 0 Å². The SMILES string of the molecule is C[C@@H](Nc1nccc(N2C(=O)OC[C@@H]2[C@@H](C)O)n1)c1nc(-c2ccc(Cl)c(C(F)(F)F)c2)no1. The largest absolute Gasteiger partial charge is 0.447 e. The van der Waals surface area contributed by atoms with Crippen LogP contribution in [-0.4, -0.2) is 50.1 Å². The van der Waals surface area contributed by atoms with Gasteiger partial charge in [0, 0.05) is 11.8 Å². The minimum absolute atomic E-state index is 0.0190. The van der Waals surface area contributed by atoms with Gasteiger partial charge in [-0.2, -0.15) is 23.1 Å². The molecule has 1 fully saturated rings. The van der Waals surface area contributed by atoms with Crippen molar-refractivity contribution in [3.8, 4) is 11.4 Å². The zero-order valence-corrected chi connectivity index (χ0v) is 18.5. The van der Waals surface area contributed by atoms with Gasteiger partial charge in [0.25, 0.3) is 0 Å². The summed E-state index contributed by atoms with van der Waals surface area (Å²) < 4.78 is 49.6. The molecule has 180 valence electrons. The molecule has 14 heteroatoms. The van der Waals surface area contributed by atoms with E-state index in [1.54, 1.807) is 6.92 Å². The van der Waals surface area contributed by atoms with E-state index in [2.05, 4.69) is 25.4 Å². The van der Waals surface area contributed by atoms with Gasteiger partial charge in [0.2, 0.25) is 17.7 Å². The molecule has 1 aliphatic rings. The normalized spacial score (nSPS) is 18.0. The number of carbonyl (C=O) groups is 1. The first kappa shape index (κ1) is 23.7. The van der Waals surface area contributed by atoms with Crippen LogP contribution >= 0.6 is 11.6 Å². The number of hydrogen-bond acceptors (Lipinski definition) is 9. The minimum Gasteiger partial charge on any atom is -0.447 e. The van der Waals surface area contributed by atoms with E-state index in [0.29, 0.717) is 0 Å². The molecule has 10 nitrogen and oxygen atoms in total. The Bertz CT molecular complexity index is 1210. The number of carbonyl (C=O) groups excluding carboxylic acids is 1. The van der Waals surface area contributed by atoms with Crippen molar-refractivity contribution >= 4 is 29.5 Å². The molecule has 0 bridgehead atoms. The molecule has 34 heavy (non-hydrogen) atoms. The average molecular weight is 499 g/mol. The number of amides is 1. The van der Waals surface area contributed by atoms with Crippen LogP contribution in [0.3, 0.4) is 0 Å². The van der Waals surface area contributed by atoms with E-state index < -0.39 is 41.0 Å². The summed E-state index contributed by atoms with van der Waals surface area (Å²) in [6.45, 7) is 3.21. The summed E-state index contributed by atoms with van der Waals surface area (Å²) in [5.41, 5.74) is -0.931. The number of ether oxygens (including phenoxy) is 1. The van der Waals surface area contributed by atoms with E-state index in [-0.39, 0.29) is 35.7 Å². The molecule has 2 N–H and O–H groups in total. The Hall–Kier alpha value is -3.45. The van der Waals surface area contributed by atoms with E-state index in [0.717, 1.165) is 12.1 Å². The second-order valence-electron chi connectivity index (χ2n) is 7.51. The highest BCUT2D eigenvalue weighted by atomic mass is 35.5. The fraction of sp³-hybridized carbons (Fsp3) is 0.350. The standard InChI is InChI=1S/C20H18ClF3N6O4/c1-9(17-28-16(29-34-17)11-3-4-13(21)12(7-11)20(22,23)24)26-18-25-6-5-15(27-18)30-14(10(2)31)8-33-19(30)32/h3-7,9-10,14,31H,8H2,1-2H3,(H,25,26,27)/t9-,10-,14-/m1/s1. The van der Waals surface area contributed by atoms with Crippen LogP contribution in [-0.2, 0) is 10.9 Å². The quantitative estimate of drug-likeness (QED) is 0.516. The molecule has 3 heterocycles. The monoisotopic (exact) mass is 498 g/mol. The Morgan fingerprint density at radius 3 is 2.74 bits per heavy atom. The van der Waals surface area contributed by atoms with Crippen LogP contribution in [0.2, 0.25) is 5.02 Å². The molecule has 0 radical (unpaired) electrons. The predicted molar refractivity (Wildman–Crippen MR) is 113 cm³/mol. The molecule has 0 unspecified atom stereocenters. The second-order valence-corrected chi connectivity index (χ2v) is 7.92. The number of aromatic nitrogens is 4. The van der Waals surface area contributed by atoms with Gasteiger partial charge in [-0.1, -0.05) is 16.8 Å². The van der Waals surface area contributed by atoms with Crippen LogP contribution in [0.15, 0.2) is 35.0 Å². The molecule has 3 aromatic rings. The third-order valence-electron chi connectivity index (χ3n) is 5.04. The molecule has 1 saturated heterocycles. The number of nitrogens with one attached hydrogen (secondary N) is 1. The van der Waals surface area contributed by atoms with Gasteiger partial charge in [-0.15, -0.1) is 0 Å². The van der Waals surface area contributed by atoms with Crippen LogP contribution in [0.5, 0.6) is 0 Å². The van der Waals surface area contributed by atoms with Crippen molar-refractivity contribution in [1.29, 1.82) is 0 Å². The maximum Gasteiger partial charge on any atom is 0.417 e. The first-order chi connectivity index (χ1) is 16.0. The Morgan fingerprint density at radius 1 is 1.26 bits per heavy atom. The highest BCUT2D eigenvalue weighted by Crippen LogP contribution is 2.37. The number of aliphatic hydroxyl groups excluding tert-OH is 1. The molecule has 1 aromatic carbocycles. The van der Waals surface area contributed by atoms with E-state index in [9.17, 15) is 23.1 Å². The van der Waals surface area contributed by atoms with Crippen molar-refractivity contribution in [2.45, 2.75) is 38.2 Å². The van der Waals surface area contributed by atoms with Crippen molar-refractivity contribution in [1.82, 2.24) is 20.1 Å². The molecular formula is C20H18ClF3N6O4. The molecule has 2 aromatic heterocycles. The van der Waals surface area contributed by atoms with Gasteiger partial charge in [0.1, 0.15) is 24.5 Å². The Morgan fingerprint density at radius 2 is 2.03 bits per heavy atom. The third-order valence-corrected chi connectivity index (χ3v) is 5.37. The molecule has 0 aliphatic carbocycles. The van der Waals surface area contributed by atoms with Gasteiger partial charge in [-0.05, 0) is 38.1 Å². The number of cyclic esters (lactones) is 1. The second kappa shape index (κ2) is 9.06. The number of rotatable bonds is 6. The number of aliphatic hydroxyl groups is 1. The van der Waals surface area contributed by atoms with Crippen molar-refractivity contribution in [2.24, 2.45) is 0 Å². The fourth-order valence-electron chi connectivity index (χ4n) is 3.27.